The lowest BCUT2D eigenvalue weighted by molar-refractivity contribution is 0.235. The highest BCUT2D eigenvalue weighted by Crippen LogP contribution is 2.26. The van der Waals surface area contributed by atoms with Crippen LogP contribution in [0.2, 0.25) is 0 Å². The fourth-order valence-electron chi connectivity index (χ4n) is 1.79. The number of aryl methyl sites for hydroxylation is 2. The number of aliphatic imine (C=N–C) groups is 1. The van der Waals surface area contributed by atoms with Gasteiger partial charge in [0.25, 0.3) is 0 Å². The Kier molecular flexibility index (Phi) is 3.82. The van der Waals surface area contributed by atoms with E-state index in [0.29, 0.717) is 17.2 Å². The molecule has 0 radical (unpaired) electrons. The minimum atomic E-state index is 0.371. The molecule has 0 saturated heterocycles. The van der Waals surface area contributed by atoms with Gasteiger partial charge in [0.2, 0.25) is 0 Å². The van der Waals surface area contributed by atoms with E-state index in [1.54, 1.807) is 0 Å². The van der Waals surface area contributed by atoms with Gasteiger partial charge in [-0.05, 0) is 37.1 Å². The van der Waals surface area contributed by atoms with Gasteiger partial charge in [0.15, 0.2) is 5.84 Å². The van der Waals surface area contributed by atoms with Crippen molar-refractivity contribution in [3.63, 3.8) is 0 Å². The smallest absolute Gasteiger partial charge is 0.157 e. The third kappa shape index (κ3) is 2.92. The molecule has 4 N–H and O–H groups in total. The van der Waals surface area contributed by atoms with Gasteiger partial charge in [-0.2, -0.15) is 0 Å². The van der Waals surface area contributed by atoms with Crippen molar-refractivity contribution in [2.45, 2.75) is 13.8 Å². The van der Waals surface area contributed by atoms with Crippen molar-refractivity contribution in [2.75, 3.05) is 5.73 Å². The van der Waals surface area contributed by atoms with Crippen LogP contribution in [0.3, 0.4) is 0 Å². The fourth-order valence-corrected chi connectivity index (χ4v) is 1.79. The molecule has 19 heavy (non-hydrogen) atoms. The predicted molar refractivity (Wildman–Crippen MR) is 77.9 cm³/mol. The molecule has 0 fully saturated rings. The Balaban J connectivity index is 2.47. The zero-order valence-corrected chi connectivity index (χ0v) is 11.0. The van der Waals surface area contributed by atoms with E-state index in [9.17, 15) is 5.21 Å². The van der Waals surface area contributed by atoms with E-state index in [4.69, 9.17) is 5.73 Å². The van der Waals surface area contributed by atoms with Gasteiger partial charge in [-0.3, -0.25) is 10.7 Å². The number of anilines is 1. The summed E-state index contributed by atoms with van der Waals surface area (Å²) >= 11 is 0. The highest BCUT2D eigenvalue weighted by Gasteiger charge is 2.05. The van der Waals surface area contributed by atoms with Gasteiger partial charge in [-0.15, -0.1) is 0 Å². The van der Waals surface area contributed by atoms with Gasteiger partial charge in [-0.25, -0.2) is 4.99 Å². The Morgan fingerprint density at radius 3 is 2.37 bits per heavy atom. The highest BCUT2D eigenvalue weighted by molar-refractivity contribution is 6.00. The molecule has 2 rings (SSSR count). The molecule has 0 heterocycles. The molecule has 0 aliphatic carbocycles. The minimum Gasteiger partial charge on any atom is -0.397 e. The van der Waals surface area contributed by atoms with E-state index in [1.165, 1.54) is 0 Å². The van der Waals surface area contributed by atoms with Crippen molar-refractivity contribution < 1.29 is 5.21 Å². The molecule has 4 heteroatoms. The first-order valence-electron chi connectivity index (χ1n) is 6.02. The van der Waals surface area contributed by atoms with Gasteiger partial charge >= 0.3 is 0 Å². The van der Waals surface area contributed by atoms with Crippen LogP contribution in [-0.2, 0) is 0 Å². The summed E-state index contributed by atoms with van der Waals surface area (Å²) < 4.78 is 0. The summed E-state index contributed by atoms with van der Waals surface area (Å²) in [6.07, 6.45) is 0. The van der Waals surface area contributed by atoms with E-state index < -0.39 is 0 Å². The van der Waals surface area contributed by atoms with Crippen molar-refractivity contribution >= 4 is 17.2 Å². The quantitative estimate of drug-likeness (QED) is 0.334. The first-order valence-corrected chi connectivity index (χ1v) is 6.02. The zero-order chi connectivity index (χ0) is 13.8. The Morgan fingerprint density at radius 2 is 1.74 bits per heavy atom. The SMILES string of the molecule is Cc1cc(N)c(N=C(NO)c2ccccc2)cc1C. The number of nitrogens with one attached hydrogen (secondary N) is 1. The molecular weight excluding hydrogens is 238 g/mol. The maximum Gasteiger partial charge on any atom is 0.157 e. The lowest BCUT2D eigenvalue weighted by atomic mass is 10.1. The van der Waals surface area contributed by atoms with Crippen LogP contribution in [0, 0.1) is 13.8 Å². The number of nitrogen functional groups attached to an aromatic ring is 1. The molecule has 0 saturated carbocycles. The molecule has 2 aromatic carbocycles. The van der Waals surface area contributed by atoms with Crippen molar-refractivity contribution in [3.05, 3.63) is 59.2 Å². The number of amidine groups is 1. The van der Waals surface area contributed by atoms with Crippen LogP contribution >= 0.6 is 0 Å². The summed E-state index contributed by atoms with van der Waals surface area (Å²) in [6.45, 7) is 4.00. The molecular formula is C15H17N3O. The second-order valence-corrected chi connectivity index (χ2v) is 4.43. The average molecular weight is 255 g/mol. The topological polar surface area (TPSA) is 70.6 Å². The van der Waals surface area contributed by atoms with Crippen molar-refractivity contribution in [3.8, 4) is 0 Å². The Morgan fingerprint density at radius 1 is 1.11 bits per heavy atom. The van der Waals surface area contributed by atoms with Gasteiger partial charge in [0.1, 0.15) is 0 Å². The molecule has 0 aliphatic heterocycles. The van der Waals surface area contributed by atoms with Crippen LogP contribution in [0.4, 0.5) is 11.4 Å². The monoisotopic (exact) mass is 255 g/mol. The summed E-state index contributed by atoms with van der Waals surface area (Å²) in [7, 11) is 0. The molecule has 0 aromatic heterocycles. The van der Waals surface area contributed by atoms with Crippen molar-refractivity contribution in [1.29, 1.82) is 0 Å². The summed E-state index contributed by atoms with van der Waals surface area (Å²) in [4.78, 5) is 4.38. The number of hydrogen-bond acceptors (Lipinski definition) is 3. The second-order valence-electron chi connectivity index (χ2n) is 4.43. The van der Waals surface area contributed by atoms with Crippen molar-refractivity contribution in [1.82, 2.24) is 5.48 Å². The average Bonchev–Trinajstić information content (AvgIpc) is 2.42. The molecule has 0 aliphatic rings. The van der Waals surface area contributed by atoms with Crippen LogP contribution in [0.15, 0.2) is 47.5 Å². The first-order chi connectivity index (χ1) is 9.11. The third-order valence-electron chi connectivity index (χ3n) is 3.03. The Bertz CT molecular complexity index is 606. The summed E-state index contributed by atoms with van der Waals surface area (Å²) in [5, 5.41) is 9.23. The van der Waals surface area contributed by atoms with E-state index in [1.807, 2.05) is 56.3 Å². The number of nitrogens with two attached hydrogens (primary N) is 1. The molecule has 0 unspecified atom stereocenters. The van der Waals surface area contributed by atoms with Crippen LogP contribution in [0.1, 0.15) is 16.7 Å². The van der Waals surface area contributed by atoms with Gasteiger partial charge in [0, 0.05) is 5.56 Å². The zero-order valence-electron chi connectivity index (χ0n) is 11.0. The van der Waals surface area contributed by atoms with E-state index in [0.717, 1.165) is 16.7 Å². The maximum absolute atomic E-state index is 9.23. The molecule has 0 atom stereocenters. The lowest BCUT2D eigenvalue weighted by Crippen LogP contribution is -2.19. The first kappa shape index (κ1) is 13.1. The molecule has 2 aromatic rings. The highest BCUT2D eigenvalue weighted by atomic mass is 16.5. The van der Waals surface area contributed by atoms with E-state index in [2.05, 4.69) is 10.5 Å². The van der Waals surface area contributed by atoms with E-state index in [-0.39, 0.29) is 0 Å². The standard InChI is InChI=1S/C15H17N3O/c1-10-8-13(16)14(9-11(10)2)17-15(18-19)12-6-4-3-5-7-12/h3-9,19H,16H2,1-2H3,(H,17,18). The summed E-state index contributed by atoms with van der Waals surface area (Å²) in [6, 6.07) is 13.2. The van der Waals surface area contributed by atoms with Crippen LogP contribution < -0.4 is 11.2 Å². The van der Waals surface area contributed by atoms with E-state index >= 15 is 0 Å². The van der Waals surface area contributed by atoms with Gasteiger partial charge < -0.3 is 5.73 Å². The molecule has 0 bridgehead atoms. The normalized spacial score (nSPS) is 11.4. The summed E-state index contributed by atoms with van der Waals surface area (Å²) in [5.41, 5.74) is 12.3. The van der Waals surface area contributed by atoms with Gasteiger partial charge in [0.05, 0.1) is 11.4 Å². The number of nitrogens with zero attached hydrogens (tertiary/aromatic N) is 1. The molecule has 0 amide bonds. The summed E-state index contributed by atoms with van der Waals surface area (Å²) in [5.74, 6) is 0.371. The minimum absolute atomic E-state index is 0.371. The van der Waals surface area contributed by atoms with Crippen LogP contribution in [0.5, 0.6) is 0 Å². The lowest BCUT2D eigenvalue weighted by Gasteiger charge is -2.09. The third-order valence-corrected chi connectivity index (χ3v) is 3.03. The van der Waals surface area contributed by atoms with Crippen LogP contribution in [0.25, 0.3) is 0 Å². The second kappa shape index (κ2) is 5.54. The molecule has 4 nitrogen and oxygen atoms in total. The van der Waals surface area contributed by atoms with Crippen molar-refractivity contribution in [2.24, 2.45) is 4.99 Å². The Hall–Kier alpha value is -2.33. The number of hydrogen-bond donors (Lipinski definition) is 3. The number of hydroxylamine groups is 1. The maximum atomic E-state index is 9.23. The fraction of sp³-hybridized carbons (Fsp3) is 0.133. The largest absolute Gasteiger partial charge is 0.397 e. The number of rotatable bonds is 2. The van der Waals surface area contributed by atoms with Gasteiger partial charge in [-0.1, -0.05) is 30.3 Å². The molecule has 0 spiro atoms. The predicted octanol–water partition coefficient (Wildman–Crippen LogP) is 2.94. The van der Waals surface area contributed by atoms with Crippen LogP contribution in [-0.4, -0.2) is 11.0 Å². The molecule has 98 valence electrons. The Labute approximate surface area is 112 Å². The number of benzene rings is 2.